The lowest BCUT2D eigenvalue weighted by Crippen LogP contribution is -2.39. The van der Waals surface area contributed by atoms with Crippen molar-refractivity contribution in [1.82, 2.24) is 5.32 Å². The number of fused-ring (bicyclic) bond motifs is 3. The van der Waals surface area contributed by atoms with Gasteiger partial charge in [0.2, 0.25) is 11.8 Å². The van der Waals surface area contributed by atoms with Crippen molar-refractivity contribution < 1.29 is 18.7 Å². The largest absolute Gasteiger partial charge is 0.488 e. The lowest BCUT2D eigenvalue weighted by molar-refractivity contribution is -0.134. The number of imide groups is 1. The van der Waals surface area contributed by atoms with Crippen molar-refractivity contribution in [2.75, 3.05) is 0 Å². The Hall–Kier alpha value is -2.82. The van der Waals surface area contributed by atoms with Crippen LogP contribution >= 0.6 is 0 Å². The van der Waals surface area contributed by atoms with E-state index in [4.69, 9.17) is 9.15 Å². The monoisotopic (exact) mass is 351 g/mol. The topological polar surface area (TPSA) is 68.5 Å². The average Bonchev–Trinajstić information content (AvgIpc) is 2.97. The molecule has 1 saturated heterocycles. The number of hydrogen-bond donors (Lipinski definition) is 1. The Labute approximate surface area is 151 Å². The van der Waals surface area contributed by atoms with E-state index in [0.29, 0.717) is 12.8 Å². The third-order valence-electron chi connectivity index (χ3n) is 4.59. The molecular weight excluding hydrogens is 330 g/mol. The number of ether oxygens (including phenoxy) is 1. The molecule has 5 nitrogen and oxygen atoms in total. The van der Waals surface area contributed by atoms with Crippen LogP contribution in [0.3, 0.4) is 0 Å². The van der Waals surface area contributed by atoms with Crippen molar-refractivity contribution in [2.24, 2.45) is 0 Å². The minimum Gasteiger partial charge on any atom is -0.488 e. The minimum atomic E-state index is -0.370. The molecular formula is C21H21NO4. The Morgan fingerprint density at radius 3 is 2.69 bits per heavy atom. The molecule has 2 heterocycles. The van der Waals surface area contributed by atoms with E-state index in [1.807, 2.05) is 51.1 Å². The number of piperidine rings is 1. The van der Waals surface area contributed by atoms with E-state index in [0.717, 1.165) is 33.1 Å². The Balaban J connectivity index is 1.83. The molecule has 1 unspecified atom stereocenters. The zero-order chi connectivity index (χ0) is 18.5. The predicted octanol–water partition coefficient (Wildman–Crippen LogP) is 4.28. The van der Waals surface area contributed by atoms with E-state index in [-0.39, 0.29) is 23.3 Å². The van der Waals surface area contributed by atoms with E-state index < -0.39 is 0 Å². The smallest absolute Gasteiger partial charge is 0.234 e. The zero-order valence-electron chi connectivity index (χ0n) is 15.1. The van der Waals surface area contributed by atoms with Gasteiger partial charge >= 0.3 is 0 Å². The molecule has 4 rings (SSSR count). The number of carbonyl (C=O) groups excluding carboxylic acids is 2. The standard InChI is InChI=1S/C21H21NO4/c1-21(2,3)26-13-5-6-14-12(10-13)4-8-17-19(14)16(11-25-17)15-7-9-18(23)22-20(15)24/h4-6,8,10-11,15H,7,9H2,1-3H3,(H,22,23,24). The van der Waals surface area contributed by atoms with Gasteiger partial charge in [0.1, 0.15) is 16.9 Å². The molecule has 1 N–H and O–H groups in total. The van der Waals surface area contributed by atoms with Crippen LogP contribution < -0.4 is 10.1 Å². The summed E-state index contributed by atoms with van der Waals surface area (Å²) in [6.45, 7) is 6.03. The van der Waals surface area contributed by atoms with Crippen molar-refractivity contribution in [3.63, 3.8) is 0 Å². The van der Waals surface area contributed by atoms with Gasteiger partial charge in [-0.15, -0.1) is 0 Å². The second-order valence-electron chi connectivity index (χ2n) is 7.73. The van der Waals surface area contributed by atoms with E-state index in [1.54, 1.807) is 6.26 Å². The summed E-state index contributed by atoms with van der Waals surface area (Å²) in [5, 5.41) is 5.39. The fourth-order valence-electron chi connectivity index (χ4n) is 3.53. The molecule has 3 aromatic rings. The molecule has 0 radical (unpaired) electrons. The molecule has 134 valence electrons. The maximum Gasteiger partial charge on any atom is 0.234 e. The Kier molecular flexibility index (Phi) is 3.75. The number of hydrogen-bond acceptors (Lipinski definition) is 4. The molecule has 1 atom stereocenters. The molecule has 1 aliphatic heterocycles. The van der Waals surface area contributed by atoms with Crippen LogP contribution in [0.15, 0.2) is 41.0 Å². The molecule has 1 aliphatic rings. The second-order valence-corrected chi connectivity index (χ2v) is 7.73. The first-order valence-electron chi connectivity index (χ1n) is 8.78. The first-order valence-corrected chi connectivity index (χ1v) is 8.78. The highest BCUT2D eigenvalue weighted by molar-refractivity contribution is 6.10. The number of amides is 2. The minimum absolute atomic E-state index is 0.215. The highest BCUT2D eigenvalue weighted by Crippen LogP contribution is 2.38. The summed E-state index contributed by atoms with van der Waals surface area (Å²) in [4.78, 5) is 23.7. The van der Waals surface area contributed by atoms with Crippen LogP contribution in [0, 0.1) is 0 Å². The molecule has 1 aromatic heterocycles. The molecule has 5 heteroatoms. The molecule has 0 spiro atoms. The fraction of sp³-hybridized carbons (Fsp3) is 0.333. The van der Waals surface area contributed by atoms with Gasteiger partial charge < -0.3 is 9.15 Å². The van der Waals surface area contributed by atoms with E-state index in [9.17, 15) is 9.59 Å². The van der Waals surface area contributed by atoms with Crippen LogP contribution in [-0.4, -0.2) is 17.4 Å². The van der Waals surface area contributed by atoms with Crippen molar-refractivity contribution in [2.45, 2.75) is 45.1 Å². The highest BCUT2D eigenvalue weighted by Gasteiger charge is 2.31. The summed E-state index contributed by atoms with van der Waals surface area (Å²) in [5.74, 6) is -0.0398. The molecule has 0 aliphatic carbocycles. The first kappa shape index (κ1) is 16.6. The third kappa shape index (κ3) is 2.94. The van der Waals surface area contributed by atoms with Crippen LogP contribution in [0.25, 0.3) is 21.7 Å². The molecule has 0 bridgehead atoms. The Morgan fingerprint density at radius 2 is 1.96 bits per heavy atom. The van der Waals surface area contributed by atoms with Crippen LogP contribution in [-0.2, 0) is 9.59 Å². The third-order valence-corrected chi connectivity index (χ3v) is 4.59. The number of rotatable bonds is 2. The SMILES string of the molecule is CC(C)(C)Oc1ccc2c(ccc3occ(C4CCC(=O)NC4=O)c32)c1. The van der Waals surface area contributed by atoms with Gasteiger partial charge in [-0.3, -0.25) is 14.9 Å². The van der Waals surface area contributed by atoms with Crippen LogP contribution in [0.5, 0.6) is 5.75 Å². The lowest BCUT2D eigenvalue weighted by atomic mass is 9.89. The van der Waals surface area contributed by atoms with Gasteiger partial charge in [0.25, 0.3) is 0 Å². The highest BCUT2D eigenvalue weighted by atomic mass is 16.5. The van der Waals surface area contributed by atoms with Gasteiger partial charge in [-0.25, -0.2) is 0 Å². The van der Waals surface area contributed by atoms with Crippen LogP contribution in [0.4, 0.5) is 0 Å². The van der Waals surface area contributed by atoms with E-state index >= 15 is 0 Å². The molecule has 2 amide bonds. The van der Waals surface area contributed by atoms with E-state index in [2.05, 4.69) is 5.32 Å². The maximum atomic E-state index is 12.3. The van der Waals surface area contributed by atoms with Crippen molar-refractivity contribution in [3.8, 4) is 5.75 Å². The van der Waals surface area contributed by atoms with Gasteiger partial charge in [-0.2, -0.15) is 0 Å². The molecule has 0 saturated carbocycles. The summed E-state index contributed by atoms with van der Waals surface area (Å²) in [7, 11) is 0. The number of benzene rings is 2. The maximum absolute atomic E-state index is 12.3. The van der Waals surface area contributed by atoms with Gasteiger partial charge in [0, 0.05) is 17.4 Å². The van der Waals surface area contributed by atoms with Crippen molar-refractivity contribution in [1.29, 1.82) is 0 Å². The predicted molar refractivity (Wildman–Crippen MR) is 99.2 cm³/mol. The normalized spacial score (nSPS) is 18.3. The van der Waals surface area contributed by atoms with Gasteiger partial charge in [0.15, 0.2) is 0 Å². The van der Waals surface area contributed by atoms with Gasteiger partial charge in [-0.1, -0.05) is 6.07 Å². The summed E-state index contributed by atoms with van der Waals surface area (Å²) in [6, 6.07) is 9.85. The lowest BCUT2D eigenvalue weighted by Gasteiger charge is -2.22. The zero-order valence-corrected chi connectivity index (χ0v) is 15.1. The first-order chi connectivity index (χ1) is 12.3. The number of nitrogens with one attached hydrogen (secondary N) is 1. The summed E-state index contributed by atoms with van der Waals surface area (Å²) in [6.07, 6.45) is 2.49. The van der Waals surface area contributed by atoms with E-state index in [1.165, 1.54) is 0 Å². The molecule has 2 aromatic carbocycles. The van der Waals surface area contributed by atoms with Crippen LogP contribution in [0.2, 0.25) is 0 Å². The van der Waals surface area contributed by atoms with Crippen molar-refractivity contribution >= 4 is 33.6 Å². The fourth-order valence-corrected chi connectivity index (χ4v) is 3.53. The molecule has 26 heavy (non-hydrogen) atoms. The van der Waals surface area contributed by atoms with Crippen LogP contribution in [0.1, 0.15) is 45.1 Å². The van der Waals surface area contributed by atoms with Crippen molar-refractivity contribution in [3.05, 3.63) is 42.2 Å². The summed E-state index contributed by atoms with van der Waals surface area (Å²) >= 11 is 0. The Bertz CT molecular complexity index is 1030. The summed E-state index contributed by atoms with van der Waals surface area (Å²) < 4.78 is 11.7. The number of carbonyl (C=O) groups is 2. The van der Waals surface area contributed by atoms with Gasteiger partial charge in [-0.05, 0) is 62.2 Å². The second kappa shape index (κ2) is 5.87. The number of furan rings is 1. The average molecular weight is 351 g/mol. The summed E-state index contributed by atoms with van der Waals surface area (Å²) in [5.41, 5.74) is 1.30. The van der Waals surface area contributed by atoms with Gasteiger partial charge in [0.05, 0.1) is 12.2 Å². The quantitative estimate of drug-likeness (QED) is 0.700. The Morgan fingerprint density at radius 1 is 1.15 bits per heavy atom. The molecule has 1 fully saturated rings.